The molecule has 5 nitrogen and oxygen atoms in total. The number of furan rings is 2. The third kappa shape index (κ3) is 4.53. The summed E-state index contributed by atoms with van der Waals surface area (Å²) in [5.41, 5.74) is 8.08. The summed E-state index contributed by atoms with van der Waals surface area (Å²) >= 11 is 0. The molecule has 0 bridgehead atoms. The summed E-state index contributed by atoms with van der Waals surface area (Å²) < 4.78 is 12.9. The molecule has 5 heteroatoms. The Morgan fingerprint density at radius 3 is 1.83 bits per heavy atom. The molecule has 0 atom stereocenters. The van der Waals surface area contributed by atoms with Crippen molar-refractivity contribution in [2.75, 3.05) is 0 Å². The molecule has 11 aromatic rings. The van der Waals surface area contributed by atoms with Crippen molar-refractivity contribution < 1.29 is 8.83 Å². The standard InChI is InChI=1S/C47H27N3O2/c1-2-12-29(13-3-1)45-48-46(32-21-22-41-37(24-32)36-18-8-9-20-40(36)51-41)50-47(49-45)39-25-33(35-19-10-16-28-11-6-7-17-34(28)35)27-43-44(39)38-23-30-14-4-5-15-31(30)26-42(38)52-43/h1-27H. The van der Waals surface area contributed by atoms with Gasteiger partial charge in [0.1, 0.15) is 22.3 Å². The van der Waals surface area contributed by atoms with Gasteiger partial charge in [0.15, 0.2) is 17.5 Å². The van der Waals surface area contributed by atoms with Gasteiger partial charge in [-0.05, 0) is 81.2 Å². The molecule has 0 radical (unpaired) electrons. The normalized spacial score (nSPS) is 11.8. The Hall–Kier alpha value is -7.11. The van der Waals surface area contributed by atoms with Crippen LogP contribution in [-0.2, 0) is 0 Å². The fourth-order valence-electron chi connectivity index (χ4n) is 7.61. The van der Waals surface area contributed by atoms with Crippen LogP contribution >= 0.6 is 0 Å². The molecule has 0 unspecified atom stereocenters. The average molecular weight is 666 g/mol. The maximum Gasteiger partial charge on any atom is 0.164 e. The third-order valence-corrected chi connectivity index (χ3v) is 10.1. The second-order valence-corrected chi connectivity index (χ2v) is 13.2. The van der Waals surface area contributed by atoms with Gasteiger partial charge in [-0.15, -0.1) is 0 Å². The van der Waals surface area contributed by atoms with Crippen molar-refractivity contribution in [3.05, 3.63) is 164 Å². The van der Waals surface area contributed by atoms with E-state index in [0.717, 1.165) is 82.5 Å². The van der Waals surface area contributed by atoms with Gasteiger partial charge in [0.2, 0.25) is 0 Å². The Labute approximate surface area is 297 Å². The predicted molar refractivity (Wildman–Crippen MR) is 211 cm³/mol. The summed E-state index contributed by atoms with van der Waals surface area (Å²) in [6, 6.07) is 56.4. The van der Waals surface area contributed by atoms with Gasteiger partial charge < -0.3 is 8.83 Å². The number of hydrogen-bond donors (Lipinski definition) is 0. The van der Waals surface area contributed by atoms with Crippen molar-refractivity contribution >= 4 is 65.4 Å². The van der Waals surface area contributed by atoms with Gasteiger partial charge in [0.05, 0.1) is 0 Å². The second-order valence-electron chi connectivity index (χ2n) is 13.2. The monoisotopic (exact) mass is 665 g/mol. The molecular weight excluding hydrogens is 639 g/mol. The molecule has 3 heterocycles. The van der Waals surface area contributed by atoms with Gasteiger partial charge in [-0.25, -0.2) is 15.0 Å². The largest absolute Gasteiger partial charge is 0.456 e. The molecule has 0 fully saturated rings. The molecule has 0 amide bonds. The van der Waals surface area contributed by atoms with E-state index in [9.17, 15) is 0 Å². The molecule has 3 aromatic heterocycles. The predicted octanol–water partition coefficient (Wildman–Crippen LogP) is 12.6. The maximum absolute atomic E-state index is 6.73. The van der Waals surface area contributed by atoms with Crippen LogP contribution in [0, 0.1) is 0 Å². The Bertz CT molecular complexity index is 3190. The van der Waals surface area contributed by atoms with Crippen LogP contribution in [0.2, 0.25) is 0 Å². The van der Waals surface area contributed by atoms with E-state index in [4.69, 9.17) is 23.8 Å². The Morgan fingerprint density at radius 1 is 0.308 bits per heavy atom. The number of nitrogens with zero attached hydrogens (tertiary/aromatic N) is 3. The lowest BCUT2D eigenvalue weighted by atomic mass is 9.94. The van der Waals surface area contributed by atoms with Gasteiger partial charge in [0.25, 0.3) is 0 Å². The van der Waals surface area contributed by atoms with Crippen LogP contribution < -0.4 is 0 Å². The van der Waals surface area contributed by atoms with Gasteiger partial charge in [0, 0.05) is 38.2 Å². The van der Waals surface area contributed by atoms with Crippen molar-refractivity contribution in [2.24, 2.45) is 0 Å². The van der Waals surface area contributed by atoms with Crippen molar-refractivity contribution in [1.29, 1.82) is 0 Å². The minimum atomic E-state index is 0.573. The van der Waals surface area contributed by atoms with Crippen LogP contribution in [0.5, 0.6) is 0 Å². The third-order valence-electron chi connectivity index (χ3n) is 10.1. The average Bonchev–Trinajstić information content (AvgIpc) is 3.77. The lowest BCUT2D eigenvalue weighted by Crippen LogP contribution is -2.00. The molecule has 0 saturated heterocycles. The van der Waals surface area contributed by atoms with E-state index in [1.54, 1.807) is 0 Å². The number of benzene rings is 8. The highest BCUT2D eigenvalue weighted by molar-refractivity contribution is 6.17. The fraction of sp³-hybridized carbons (Fsp3) is 0. The zero-order valence-corrected chi connectivity index (χ0v) is 27.7. The van der Waals surface area contributed by atoms with E-state index in [0.29, 0.717) is 17.5 Å². The molecule has 0 aliphatic heterocycles. The van der Waals surface area contributed by atoms with E-state index < -0.39 is 0 Å². The zero-order valence-electron chi connectivity index (χ0n) is 27.7. The van der Waals surface area contributed by atoms with Crippen molar-refractivity contribution in [1.82, 2.24) is 15.0 Å². The summed E-state index contributed by atoms with van der Waals surface area (Å²) in [6.07, 6.45) is 0. The molecule has 8 aromatic carbocycles. The first-order valence-electron chi connectivity index (χ1n) is 17.3. The summed E-state index contributed by atoms with van der Waals surface area (Å²) in [4.78, 5) is 15.6. The highest BCUT2D eigenvalue weighted by atomic mass is 16.3. The van der Waals surface area contributed by atoms with Crippen LogP contribution in [0.3, 0.4) is 0 Å². The van der Waals surface area contributed by atoms with Crippen LogP contribution in [0.25, 0.3) is 111 Å². The van der Waals surface area contributed by atoms with E-state index >= 15 is 0 Å². The summed E-state index contributed by atoms with van der Waals surface area (Å²) in [5.74, 6) is 1.75. The van der Waals surface area contributed by atoms with Crippen molar-refractivity contribution in [2.45, 2.75) is 0 Å². The molecule has 0 N–H and O–H groups in total. The maximum atomic E-state index is 6.73. The Morgan fingerprint density at radius 2 is 0.962 bits per heavy atom. The Balaban J connectivity index is 1.23. The molecule has 52 heavy (non-hydrogen) atoms. The lowest BCUT2D eigenvalue weighted by Gasteiger charge is -2.12. The first-order valence-corrected chi connectivity index (χ1v) is 17.3. The fourth-order valence-corrected chi connectivity index (χ4v) is 7.61. The first-order chi connectivity index (χ1) is 25.7. The molecule has 0 saturated carbocycles. The van der Waals surface area contributed by atoms with Gasteiger partial charge in [-0.2, -0.15) is 0 Å². The molecular formula is C47H27N3O2. The number of para-hydroxylation sites is 1. The van der Waals surface area contributed by atoms with Gasteiger partial charge in [-0.3, -0.25) is 0 Å². The van der Waals surface area contributed by atoms with Crippen LogP contribution in [0.4, 0.5) is 0 Å². The molecule has 11 rings (SSSR count). The van der Waals surface area contributed by atoms with Gasteiger partial charge >= 0.3 is 0 Å². The number of rotatable bonds is 4. The smallest absolute Gasteiger partial charge is 0.164 e. The summed E-state index contributed by atoms with van der Waals surface area (Å²) in [5, 5.41) is 8.67. The topological polar surface area (TPSA) is 65.0 Å². The van der Waals surface area contributed by atoms with E-state index in [2.05, 4.69) is 103 Å². The highest BCUT2D eigenvalue weighted by Crippen LogP contribution is 2.42. The molecule has 0 aliphatic carbocycles. The van der Waals surface area contributed by atoms with E-state index in [1.165, 1.54) is 10.8 Å². The molecule has 0 spiro atoms. The lowest BCUT2D eigenvalue weighted by molar-refractivity contribution is 0.669. The van der Waals surface area contributed by atoms with E-state index in [1.807, 2.05) is 60.7 Å². The van der Waals surface area contributed by atoms with Crippen LogP contribution in [-0.4, -0.2) is 15.0 Å². The Kier molecular flexibility index (Phi) is 6.18. The number of hydrogen-bond acceptors (Lipinski definition) is 5. The first kappa shape index (κ1) is 28.7. The van der Waals surface area contributed by atoms with Crippen molar-refractivity contribution in [3.63, 3.8) is 0 Å². The van der Waals surface area contributed by atoms with Crippen LogP contribution in [0.1, 0.15) is 0 Å². The van der Waals surface area contributed by atoms with E-state index in [-0.39, 0.29) is 0 Å². The van der Waals surface area contributed by atoms with Gasteiger partial charge in [-0.1, -0.05) is 115 Å². The second kappa shape index (κ2) is 11.2. The molecule has 0 aliphatic rings. The SMILES string of the molecule is c1ccc(-c2nc(-c3ccc4oc5ccccc5c4c3)nc(-c3cc(-c4cccc5ccccc45)cc4oc5cc6ccccc6cc5c34)n2)cc1. The zero-order chi connectivity index (χ0) is 34.2. The minimum absolute atomic E-state index is 0.573. The number of fused-ring (bicyclic) bond motifs is 8. The number of aromatic nitrogens is 3. The summed E-state index contributed by atoms with van der Waals surface area (Å²) in [7, 11) is 0. The minimum Gasteiger partial charge on any atom is -0.456 e. The molecule has 242 valence electrons. The highest BCUT2D eigenvalue weighted by Gasteiger charge is 2.21. The van der Waals surface area contributed by atoms with Crippen LogP contribution in [0.15, 0.2) is 173 Å². The quantitative estimate of drug-likeness (QED) is 0.187. The van der Waals surface area contributed by atoms with Crippen molar-refractivity contribution in [3.8, 4) is 45.3 Å². The summed E-state index contributed by atoms with van der Waals surface area (Å²) in [6.45, 7) is 0.